The van der Waals surface area contributed by atoms with Crippen LogP contribution in [0.2, 0.25) is 0 Å². The van der Waals surface area contributed by atoms with Gasteiger partial charge < -0.3 is 10.2 Å². The van der Waals surface area contributed by atoms with E-state index in [1.807, 2.05) is 43.0 Å². The fraction of sp³-hybridized carbons (Fsp3) is 0.462. The molecule has 0 aliphatic carbocycles. The van der Waals surface area contributed by atoms with Crippen molar-refractivity contribution in [1.82, 2.24) is 4.90 Å². The van der Waals surface area contributed by atoms with E-state index in [1.165, 1.54) is 0 Å². The van der Waals surface area contributed by atoms with Gasteiger partial charge in [-0.05, 0) is 32.4 Å². The minimum absolute atomic E-state index is 0.126. The molecule has 0 unspecified atom stereocenters. The van der Waals surface area contributed by atoms with Crippen LogP contribution in [0.15, 0.2) is 24.3 Å². The number of hydrogen-bond acceptors (Lipinski definition) is 2. The molecule has 0 spiro atoms. The highest BCUT2D eigenvalue weighted by molar-refractivity contribution is 6.02. The number of para-hydroxylation sites is 1. The summed E-state index contributed by atoms with van der Waals surface area (Å²) in [5.74, 6) is 0.126. The lowest BCUT2D eigenvalue weighted by Gasteiger charge is -2.44. The van der Waals surface area contributed by atoms with Gasteiger partial charge in [-0.15, -0.1) is 0 Å². The highest BCUT2D eigenvalue weighted by Crippen LogP contribution is 2.30. The predicted molar refractivity (Wildman–Crippen MR) is 65.5 cm³/mol. The van der Waals surface area contributed by atoms with Gasteiger partial charge >= 0.3 is 0 Å². The molecule has 1 aliphatic rings. The molecule has 2 rings (SSSR count). The molecule has 1 amide bonds. The van der Waals surface area contributed by atoms with E-state index < -0.39 is 0 Å². The summed E-state index contributed by atoms with van der Waals surface area (Å²) in [6.45, 7) is 6.95. The molecule has 1 N–H and O–H groups in total. The maximum atomic E-state index is 12.3. The predicted octanol–water partition coefficient (Wildman–Crippen LogP) is 2.70. The highest BCUT2D eigenvalue weighted by Gasteiger charge is 2.36. The van der Waals surface area contributed by atoms with Crippen molar-refractivity contribution in [3.63, 3.8) is 0 Å². The quantitative estimate of drug-likeness (QED) is 0.827. The molecule has 1 aromatic carbocycles. The van der Waals surface area contributed by atoms with Gasteiger partial charge in [-0.1, -0.05) is 19.1 Å². The minimum atomic E-state index is -0.304. The van der Waals surface area contributed by atoms with Gasteiger partial charge in [-0.3, -0.25) is 4.79 Å². The molecule has 16 heavy (non-hydrogen) atoms. The highest BCUT2D eigenvalue weighted by atomic mass is 16.2. The summed E-state index contributed by atoms with van der Waals surface area (Å²) in [5.41, 5.74) is 1.40. The Bertz CT molecular complexity index is 412. The fourth-order valence-electron chi connectivity index (χ4n) is 2.18. The maximum absolute atomic E-state index is 12.3. The van der Waals surface area contributed by atoms with E-state index in [-0.39, 0.29) is 11.6 Å². The minimum Gasteiger partial charge on any atom is -0.362 e. The number of hydrogen-bond donors (Lipinski definition) is 1. The number of carbonyl (C=O) groups excluding carboxylic acids is 1. The van der Waals surface area contributed by atoms with Crippen LogP contribution in [0.4, 0.5) is 5.69 Å². The van der Waals surface area contributed by atoms with E-state index in [2.05, 4.69) is 12.2 Å². The zero-order valence-electron chi connectivity index (χ0n) is 10.1. The van der Waals surface area contributed by atoms with Gasteiger partial charge in [0.1, 0.15) is 5.66 Å². The van der Waals surface area contributed by atoms with E-state index in [0.29, 0.717) is 0 Å². The first-order valence-electron chi connectivity index (χ1n) is 5.75. The Labute approximate surface area is 96.5 Å². The van der Waals surface area contributed by atoms with Crippen LogP contribution in [0, 0.1) is 0 Å². The van der Waals surface area contributed by atoms with Crippen molar-refractivity contribution >= 4 is 11.6 Å². The van der Waals surface area contributed by atoms with Crippen LogP contribution < -0.4 is 5.32 Å². The zero-order valence-corrected chi connectivity index (χ0v) is 10.1. The third-order valence-electron chi connectivity index (χ3n) is 2.97. The average Bonchev–Trinajstić information content (AvgIpc) is 2.23. The Morgan fingerprint density at radius 2 is 2.00 bits per heavy atom. The standard InChI is InChI=1S/C13H18N2O/c1-4-9-15-12(16)10-7-5-6-8-11(10)14-13(15,2)3/h5-8,14H,4,9H2,1-3H3. The van der Waals surface area contributed by atoms with Crippen molar-refractivity contribution in [2.45, 2.75) is 32.9 Å². The van der Waals surface area contributed by atoms with Crippen molar-refractivity contribution in [2.24, 2.45) is 0 Å². The topological polar surface area (TPSA) is 32.3 Å². The average molecular weight is 218 g/mol. The summed E-state index contributed by atoms with van der Waals surface area (Å²) in [7, 11) is 0. The van der Waals surface area contributed by atoms with Crippen LogP contribution >= 0.6 is 0 Å². The second-order valence-corrected chi connectivity index (χ2v) is 4.69. The lowest BCUT2D eigenvalue weighted by molar-refractivity contribution is 0.0576. The number of anilines is 1. The van der Waals surface area contributed by atoms with Crippen LogP contribution in [0.25, 0.3) is 0 Å². The Morgan fingerprint density at radius 3 is 2.69 bits per heavy atom. The number of nitrogens with one attached hydrogen (secondary N) is 1. The third kappa shape index (κ3) is 1.66. The van der Waals surface area contributed by atoms with Crippen LogP contribution in [-0.4, -0.2) is 23.0 Å². The monoisotopic (exact) mass is 218 g/mol. The Kier molecular flexibility index (Phi) is 2.62. The van der Waals surface area contributed by atoms with E-state index in [9.17, 15) is 4.79 Å². The van der Waals surface area contributed by atoms with Crippen LogP contribution in [0.3, 0.4) is 0 Å². The summed E-state index contributed by atoms with van der Waals surface area (Å²) in [6.07, 6.45) is 0.971. The van der Waals surface area contributed by atoms with E-state index in [0.717, 1.165) is 24.2 Å². The first kappa shape index (κ1) is 11.0. The van der Waals surface area contributed by atoms with Crippen molar-refractivity contribution in [3.05, 3.63) is 29.8 Å². The lowest BCUT2D eigenvalue weighted by atomic mass is 10.0. The molecule has 1 aliphatic heterocycles. The smallest absolute Gasteiger partial charge is 0.257 e. The largest absolute Gasteiger partial charge is 0.362 e. The van der Waals surface area contributed by atoms with Gasteiger partial charge in [0.15, 0.2) is 0 Å². The normalized spacial score (nSPS) is 17.9. The lowest BCUT2D eigenvalue weighted by Crippen LogP contribution is -2.56. The molecular weight excluding hydrogens is 200 g/mol. The number of amides is 1. The van der Waals surface area contributed by atoms with Gasteiger partial charge in [0.2, 0.25) is 0 Å². The van der Waals surface area contributed by atoms with Crippen LogP contribution in [0.5, 0.6) is 0 Å². The molecule has 0 saturated carbocycles. The van der Waals surface area contributed by atoms with Crippen molar-refractivity contribution in [1.29, 1.82) is 0 Å². The van der Waals surface area contributed by atoms with Crippen LogP contribution in [0.1, 0.15) is 37.6 Å². The zero-order chi connectivity index (χ0) is 11.8. The van der Waals surface area contributed by atoms with Gasteiger partial charge in [0.25, 0.3) is 5.91 Å². The molecule has 1 aromatic rings. The third-order valence-corrected chi connectivity index (χ3v) is 2.97. The van der Waals surface area contributed by atoms with Crippen molar-refractivity contribution in [3.8, 4) is 0 Å². The molecule has 0 saturated heterocycles. The fourth-order valence-corrected chi connectivity index (χ4v) is 2.18. The van der Waals surface area contributed by atoms with Crippen molar-refractivity contribution < 1.29 is 4.79 Å². The molecule has 1 heterocycles. The number of rotatable bonds is 2. The molecule has 0 radical (unpaired) electrons. The summed E-state index contributed by atoms with van der Waals surface area (Å²) >= 11 is 0. The van der Waals surface area contributed by atoms with E-state index in [1.54, 1.807) is 0 Å². The van der Waals surface area contributed by atoms with Gasteiger partial charge in [-0.25, -0.2) is 0 Å². The number of carbonyl (C=O) groups is 1. The first-order chi connectivity index (χ1) is 7.56. The number of fused-ring (bicyclic) bond motifs is 1. The maximum Gasteiger partial charge on any atom is 0.257 e. The van der Waals surface area contributed by atoms with E-state index in [4.69, 9.17) is 0 Å². The van der Waals surface area contributed by atoms with Gasteiger partial charge in [0, 0.05) is 12.2 Å². The van der Waals surface area contributed by atoms with E-state index >= 15 is 0 Å². The second kappa shape index (κ2) is 3.81. The van der Waals surface area contributed by atoms with Gasteiger partial charge in [0.05, 0.1) is 5.56 Å². The number of benzene rings is 1. The molecule has 0 bridgehead atoms. The van der Waals surface area contributed by atoms with Crippen LogP contribution in [-0.2, 0) is 0 Å². The summed E-state index contributed by atoms with van der Waals surface area (Å²) in [5, 5.41) is 3.41. The molecular formula is C13H18N2O. The summed E-state index contributed by atoms with van der Waals surface area (Å²) < 4.78 is 0. The summed E-state index contributed by atoms with van der Waals surface area (Å²) in [4.78, 5) is 14.2. The number of nitrogens with zero attached hydrogens (tertiary/aromatic N) is 1. The Balaban J connectivity index is 2.43. The molecule has 0 aromatic heterocycles. The Morgan fingerprint density at radius 1 is 1.31 bits per heavy atom. The molecule has 0 fully saturated rings. The molecule has 3 nitrogen and oxygen atoms in total. The second-order valence-electron chi connectivity index (χ2n) is 4.69. The SMILES string of the molecule is CCCN1C(=O)c2ccccc2NC1(C)C. The van der Waals surface area contributed by atoms with Gasteiger partial charge in [-0.2, -0.15) is 0 Å². The van der Waals surface area contributed by atoms with Crippen molar-refractivity contribution in [2.75, 3.05) is 11.9 Å². The molecule has 86 valence electrons. The molecule has 0 atom stereocenters. The Hall–Kier alpha value is -1.51. The molecule has 3 heteroatoms. The first-order valence-corrected chi connectivity index (χ1v) is 5.75. The summed E-state index contributed by atoms with van der Waals surface area (Å²) in [6, 6.07) is 7.69.